The second-order valence-electron chi connectivity index (χ2n) is 2.64. The van der Waals surface area contributed by atoms with Crippen LogP contribution in [-0.2, 0) is 0 Å². The predicted octanol–water partition coefficient (Wildman–Crippen LogP) is 1.17. The van der Waals surface area contributed by atoms with Crippen LogP contribution < -0.4 is 14.2 Å². The third kappa shape index (κ3) is 1.24. The molecular formula is C9H10O4. The normalized spacial score (nSPS) is 13.9. The van der Waals surface area contributed by atoms with Gasteiger partial charge >= 0.3 is 0 Å². The molecule has 0 radical (unpaired) electrons. The van der Waals surface area contributed by atoms with Gasteiger partial charge in [-0.2, -0.15) is 0 Å². The molecule has 0 amide bonds. The van der Waals surface area contributed by atoms with Crippen LogP contribution in [0.2, 0.25) is 0 Å². The van der Waals surface area contributed by atoms with Crippen molar-refractivity contribution >= 4 is 0 Å². The lowest BCUT2D eigenvalue weighted by atomic mass is 10.2. The van der Waals surface area contributed by atoms with E-state index in [4.69, 9.17) is 14.2 Å². The second-order valence-corrected chi connectivity index (χ2v) is 2.64. The van der Waals surface area contributed by atoms with Gasteiger partial charge in [0.05, 0.1) is 7.11 Å². The van der Waals surface area contributed by atoms with E-state index in [2.05, 4.69) is 0 Å². The van der Waals surface area contributed by atoms with Gasteiger partial charge in [0, 0.05) is 0 Å². The summed E-state index contributed by atoms with van der Waals surface area (Å²) in [6, 6.07) is 3.16. The van der Waals surface area contributed by atoms with Gasteiger partial charge in [0.1, 0.15) is 13.2 Å². The SMILES string of the molecule is COc1ccc(O)c2c1OCCO2. The third-order valence-corrected chi connectivity index (χ3v) is 1.85. The molecule has 0 unspecified atom stereocenters. The third-order valence-electron chi connectivity index (χ3n) is 1.85. The predicted molar refractivity (Wildman–Crippen MR) is 45.6 cm³/mol. The quantitative estimate of drug-likeness (QED) is 0.708. The van der Waals surface area contributed by atoms with Gasteiger partial charge in [0.2, 0.25) is 11.5 Å². The van der Waals surface area contributed by atoms with Gasteiger partial charge in [0.15, 0.2) is 11.5 Å². The highest BCUT2D eigenvalue weighted by atomic mass is 16.6. The fourth-order valence-corrected chi connectivity index (χ4v) is 1.26. The zero-order chi connectivity index (χ0) is 9.26. The molecule has 0 atom stereocenters. The van der Waals surface area contributed by atoms with Crippen LogP contribution in [0.25, 0.3) is 0 Å². The monoisotopic (exact) mass is 182 g/mol. The van der Waals surface area contributed by atoms with Crippen molar-refractivity contribution < 1.29 is 19.3 Å². The van der Waals surface area contributed by atoms with E-state index in [1.807, 2.05) is 0 Å². The summed E-state index contributed by atoms with van der Waals surface area (Å²) in [7, 11) is 1.55. The van der Waals surface area contributed by atoms with E-state index in [0.29, 0.717) is 30.5 Å². The van der Waals surface area contributed by atoms with Crippen LogP contribution in [0.1, 0.15) is 0 Å². The molecule has 0 fully saturated rings. The van der Waals surface area contributed by atoms with Crippen LogP contribution in [0.15, 0.2) is 12.1 Å². The molecule has 1 heterocycles. The van der Waals surface area contributed by atoms with Gasteiger partial charge < -0.3 is 19.3 Å². The number of benzene rings is 1. The number of ether oxygens (including phenoxy) is 3. The van der Waals surface area contributed by atoms with Gasteiger partial charge in [0.25, 0.3) is 0 Å². The molecule has 4 nitrogen and oxygen atoms in total. The van der Waals surface area contributed by atoms with Crippen molar-refractivity contribution in [1.82, 2.24) is 0 Å². The van der Waals surface area contributed by atoms with Crippen molar-refractivity contribution in [3.8, 4) is 23.0 Å². The maximum atomic E-state index is 9.42. The zero-order valence-electron chi connectivity index (χ0n) is 7.24. The fraction of sp³-hybridized carbons (Fsp3) is 0.333. The molecule has 1 aromatic carbocycles. The first-order chi connectivity index (χ1) is 6.33. The number of rotatable bonds is 1. The Morgan fingerprint density at radius 1 is 1.23 bits per heavy atom. The van der Waals surface area contributed by atoms with Crippen LogP contribution in [0, 0.1) is 0 Å². The summed E-state index contributed by atoms with van der Waals surface area (Å²) in [4.78, 5) is 0. The average molecular weight is 182 g/mol. The molecule has 0 saturated carbocycles. The van der Waals surface area contributed by atoms with Crippen molar-refractivity contribution in [2.45, 2.75) is 0 Å². The van der Waals surface area contributed by atoms with Gasteiger partial charge in [-0.3, -0.25) is 0 Å². The Bertz CT molecular complexity index is 322. The molecule has 0 aliphatic carbocycles. The number of phenolic OH excluding ortho intramolecular Hbond substituents is 1. The first kappa shape index (κ1) is 8.04. The molecule has 70 valence electrons. The smallest absolute Gasteiger partial charge is 0.207 e. The first-order valence-electron chi connectivity index (χ1n) is 3.98. The van der Waals surface area contributed by atoms with Gasteiger partial charge in [-0.1, -0.05) is 0 Å². The molecule has 1 N–H and O–H groups in total. The summed E-state index contributed by atoms with van der Waals surface area (Å²) in [6.45, 7) is 0.931. The molecule has 1 aliphatic heterocycles. The van der Waals surface area contributed by atoms with E-state index in [1.54, 1.807) is 13.2 Å². The van der Waals surface area contributed by atoms with E-state index in [1.165, 1.54) is 6.07 Å². The minimum absolute atomic E-state index is 0.0792. The lowest BCUT2D eigenvalue weighted by molar-refractivity contribution is 0.159. The number of hydrogen-bond acceptors (Lipinski definition) is 4. The van der Waals surface area contributed by atoms with Crippen molar-refractivity contribution in [1.29, 1.82) is 0 Å². The van der Waals surface area contributed by atoms with Crippen LogP contribution in [0.5, 0.6) is 23.0 Å². The summed E-state index contributed by atoms with van der Waals surface area (Å²) in [6.07, 6.45) is 0. The number of methoxy groups -OCH3 is 1. The largest absolute Gasteiger partial charge is 0.504 e. The molecule has 1 aromatic rings. The van der Waals surface area contributed by atoms with Gasteiger partial charge in [-0.05, 0) is 12.1 Å². The Morgan fingerprint density at radius 2 is 1.92 bits per heavy atom. The number of hydrogen-bond donors (Lipinski definition) is 1. The van der Waals surface area contributed by atoms with Crippen molar-refractivity contribution in [3.05, 3.63) is 12.1 Å². The summed E-state index contributed by atoms with van der Waals surface area (Å²) < 4.78 is 15.6. The maximum absolute atomic E-state index is 9.42. The molecule has 0 saturated heterocycles. The molecule has 0 bridgehead atoms. The van der Waals surface area contributed by atoms with Gasteiger partial charge in [-0.15, -0.1) is 0 Å². The van der Waals surface area contributed by atoms with Gasteiger partial charge in [-0.25, -0.2) is 0 Å². The molecule has 4 heteroatoms. The zero-order valence-corrected chi connectivity index (χ0v) is 7.24. The van der Waals surface area contributed by atoms with Crippen LogP contribution in [0.3, 0.4) is 0 Å². The van der Waals surface area contributed by atoms with E-state index in [9.17, 15) is 5.11 Å². The number of phenols is 1. The molecule has 1 aliphatic rings. The molecule has 0 aromatic heterocycles. The lowest BCUT2D eigenvalue weighted by Crippen LogP contribution is -2.15. The van der Waals surface area contributed by atoms with Crippen LogP contribution in [-0.4, -0.2) is 25.4 Å². The van der Waals surface area contributed by atoms with Crippen LogP contribution >= 0.6 is 0 Å². The van der Waals surface area contributed by atoms with Crippen molar-refractivity contribution in [3.63, 3.8) is 0 Å². The highest BCUT2D eigenvalue weighted by Crippen LogP contribution is 2.44. The van der Waals surface area contributed by atoms with Crippen LogP contribution in [0.4, 0.5) is 0 Å². The van der Waals surface area contributed by atoms with E-state index in [0.717, 1.165) is 0 Å². The van der Waals surface area contributed by atoms with Crippen molar-refractivity contribution in [2.75, 3.05) is 20.3 Å². The highest BCUT2D eigenvalue weighted by molar-refractivity contribution is 5.58. The fourth-order valence-electron chi connectivity index (χ4n) is 1.26. The Kier molecular flexibility index (Phi) is 1.88. The number of aromatic hydroxyl groups is 1. The highest BCUT2D eigenvalue weighted by Gasteiger charge is 2.20. The molecule has 13 heavy (non-hydrogen) atoms. The minimum Gasteiger partial charge on any atom is -0.504 e. The topological polar surface area (TPSA) is 47.9 Å². The second kappa shape index (κ2) is 3.05. The number of fused-ring (bicyclic) bond motifs is 1. The summed E-state index contributed by atoms with van der Waals surface area (Å²) >= 11 is 0. The van der Waals surface area contributed by atoms with E-state index >= 15 is 0 Å². The summed E-state index contributed by atoms with van der Waals surface area (Å²) in [5.74, 6) is 1.50. The Hall–Kier alpha value is -1.58. The lowest BCUT2D eigenvalue weighted by Gasteiger charge is -2.20. The minimum atomic E-state index is 0.0792. The summed E-state index contributed by atoms with van der Waals surface area (Å²) in [5, 5.41) is 9.42. The molecule has 2 rings (SSSR count). The first-order valence-corrected chi connectivity index (χ1v) is 3.98. The van der Waals surface area contributed by atoms with Crippen molar-refractivity contribution in [2.24, 2.45) is 0 Å². The Balaban J connectivity index is 2.52. The van der Waals surface area contributed by atoms with E-state index in [-0.39, 0.29) is 5.75 Å². The Labute approximate surface area is 75.7 Å². The Morgan fingerprint density at radius 3 is 2.62 bits per heavy atom. The molecule has 0 spiro atoms. The average Bonchev–Trinajstić information content (AvgIpc) is 2.19. The summed E-state index contributed by atoms with van der Waals surface area (Å²) in [5.41, 5.74) is 0. The van der Waals surface area contributed by atoms with E-state index < -0.39 is 0 Å². The molecular weight excluding hydrogens is 172 g/mol. The maximum Gasteiger partial charge on any atom is 0.207 e. The standard InChI is InChI=1S/C9H10O4/c1-11-7-3-2-6(10)8-9(7)13-5-4-12-8/h2-3,10H,4-5H2,1H3.